The third-order valence-corrected chi connectivity index (χ3v) is 6.51. The fraction of sp³-hybridized carbons (Fsp3) is 0.273. The summed E-state index contributed by atoms with van der Waals surface area (Å²) in [7, 11) is 0. The van der Waals surface area contributed by atoms with Crippen LogP contribution in [-0.4, -0.2) is 28.8 Å². The van der Waals surface area contributed by atoms with E-state index in [9.17, 15) is 9.59 Å². The van der Waals surface area contributed by atoms with Gasteiger partial charge in [0.15, 0.2) is 0 Å². The van der Waals surface area contributed by atoms with Crippen molar-refractivity contribution >= 4 is 34.6 Å². The molecule has 0 aliphatic rings. The number of aryl methyl sites for hydroxylation is 1. The van der Waals surface area contributed by atoms with Crippen LogP contribution >= 0.6 is 22.7 Å². The summed E-state index contributed by atoms with van der Waals surface area (Å²) < 4.78 is 5.58. The van der Waals surface area contributed by atoms with Gasteiger partial charge in [0.1, 0.15) is 5.75 Å². The van der Waals surface area contributed by atoms with Gasteiger partial charge >= 0.3 is 11.9 Å². The van der Waals surface area contributed by atoms with Crippen molar-refractivity contribution in [2.45, 2.75) is 32.1 Å². The number of hydrogen-bond acceptors (Lipinski definition) is 5. The average molecular weight is 431 g/mol. The minimum atomic E-state index is -1.17. The fourth-order valence-corrected chi connectivity index (χ4v) is 4.91. The Hall–Kier alpha value is -2.64. The van der Waals surface area contributed by atoms with Gasteiger partial charge in [-0.1, -0.05) is 18.9 Å². The van der Waals surface area contributed by atoms with Gasteiger partial charge in [-0.25, -0.2) is 9.59 Å². The summed E-state index contributed by atoms with van der Waals surface area (Å²) >= 11 is 3.56. The Balaban J connectivity index is 1.40. The van der Waals surface area contributed by atoms with Gasteiger partial charge < -0.3 is 14.9 Å². The second-order valence-electron chi connectivity index (χ2n) is 6.62. The molecule has 1 aromatic carbocycles. The number of rotatable bonds is 11. The topological polar surface area (TPSA) is 83.8 Å². The number of carboxylic acids is 2. The molecule has 0 aliphatic carbocycles. The second-order valence-corrected chi connectivity index (χ2v) is 8.49. The molecule has 5 nitrogen and oxygen atoms in total. The number of ether oxygens (including phenoxy) is 1. The molecular formula is C22H22O5S2. The normalized spacial score (nSPS) is 10.8. The molecule has 2 heterocycles. The predicted octanol–water partition coefficient (Wildman–Crippen LogP) is 6.05. The molecule has 0 atom stereocenters. The summed E-state index contributed by atoms with van der Waals surface area (Å²) in [4.78, 5) is 24.9. The third kappa shape index (κ3) is 5.92. The molecule has 152 valence electrons. The number of thiophene rings is 2. The molecular weight excluding hydrogens is 408 g/mol. The van der Waals surface area contributed by atoms with E-state index >= 15 is 0 Å². The zero-order valence-electron chi connectivity index (χ0n) is 15.8. The highest BCUT2D eigenvalue weighted by molar-refractivity contribution is 7.20. The number of unbranched alkanes of at least 4 members (excludes halogenated alkanes) is 3. The van der Waals surface area contributed by atoms with Crippen LogP contribution in [0.25, 0.3) is 9.75 Å². The van der Waals surface area contributed by atoms with Crippen LogP contribution in [0.15, 0.2) is 47.2 Å². The highest BCUT2D eigenvalue weighted by Crippen LogP contribution is 2.33. The van der Waals surface area contributed by atoms with E-state index in [0.717, 1.165) is 38.2 Å². The quantitative estimate of drug-likeness (QED) is 0.362. The first-order valence-corrected chi connectivity index (χ1v) is 11.2. The van der Waals surface area contributed by atoms with Gasteiger partial charge in [0.2, 0.25) is 0 Å². The van der Waals surface area contributed by atoms with Gasteiger partial charge in [0.05, 0.1) is 17.7 Å². The highest BCUT2D eigenvalue weighted by Gasteiger charge is 2.12. The molecule has 0 saturated heterocycles. The van der Waals surface area contributed by atoms with Crippen molar-refractivity contribution in [3.05, 3.63) is 63.8 Å². The van der Waals surface area contributed by atoms with Gasteiger partial charge in [-0.2, -0.15) is 0 Å². The average Bonchev–Trinajstić information content (AvgIpc) is 3.38. The van der Waals surface area contributed by atoms with Crippen molar-refractivity contribution in [1.29, 1.82) is 0 Å². The highest BCUT2D eigenvalue weighted by atomic mass is 32.1. The smallest absolute Gasteiger partial charge is 0.335 e. The molecule has 0 spiro atoms. The predicted molar refractivity (Wildman–Crippen MR) is 116 cm³/mol. The molecule has 2 N–H and O–H groups in total. The van der Waals surface area contributed by atoms with E-state index in [2.05, 4.69) is 29.0 Å². The Morgan fingerprint density at radius 2 is 1.59 bits per heavy atom. The number of hydrogen-bond donors (Lipinski definition) is 2. The van der Waals surface area contributed by atoms with Crippen molar-refractivity contribution in [3.63, 3.8) is 0 Å². The fourth-order valence-electron chi connectivity index (χ4n) is 3.05. The van der Waals surface area contributed by atoms with Gasteiger partial charge in [0.25, 0.3) is 0 Å². The molecule has 29 heavy (non-hydrogen) atoms. The van der Waals surface area contributed by atoms with Crippen molar-refractivity contribution < 1.29 is 24.5 Å². The maximum absolute atomic E-state index is 11.1. The van der Waals surface area contributed by atoms with E-state index < -0.39 is 11.9 Å². The Kier molecular flexibility index (Phi) is 7.43. The van der Waals surface area contributed by atoms with Gasteiger partial charge in [0, 0.05) is 9.75 Å². The summed E-state index contributed by atoms with van der Waals surface area (Å²) in [6, 6.07) is 10.3. The van der Waals surface area contributed by atoms with Crippen LogP contribution in [0.4, 0.5) is 0 Å². The van der Waals surface area contributed by atoms with Crippen molar-refractivity contribution in [1.82, 2.24) is 0 Å². The monoisotopic (exact) mass is 430 g/mol. The summed E-state index contributed by atoms with van der Waals surface area (Å²) in [5.41, 5.74) is 1.23. The van der Waals surface area contributed by atoms with Crippen LogP contribution in [-0.2, 0) is 6.42 Å². The maximum atomic E-state index is 11.1. The molecule has 0 aliphatic heterocycles. The third-order valence-electron chi connectivity index (χ3n) is 4.50. The Bertz CT molecular complexity index is 927. The largest absolute Gasteiger partial charge is 0.494 e. The Morgan fingerprint density at radius 3 is 2.24 bits per heavy atom. The van der Waals surface area contributed by atoms with Crippen LogP contribution in [0.1, 0.15) is 52.0 Å². The van der Waals surface area contributed by atoms with Crippen molar-refractivity contribution in [2.24, 2.45) is 0 Å². The Labute approximate surface area is 177 Å². The Morgan fingerprint density at radius 1 is 0.862 bits per heavy atom. The molecule has 0 bridgehead atoms. The molecule has 3 rings (SSSR count). The van der Waals surface area contributed by atoms with Crippen molar-refractivity contribution in [3.8, 4) is 15.5 Å². The summed E-state index contributed by atoms with van der Waals surface area (Å²) in [6.07, 6.45) is 5.08. The zero-order valence-corrected chi connectivity index (χ0v) is 17.4. The van der Waals surface area contributed by atoms with Crippen LogP contribution in [0.2, 0.25) is 0 Å². The molecule has 2 aromatic heterocycles. The van der Waals surface area contributed by atoms with E-state index in [-0.39, 0.29) is 16.9 Å². The summed E-state index contributed by atoms with van der Waals surface area (Å²) in [6.45, 7) is 0.432. The minimum Gasteiger partial charge on any atom is -0.494 e. The molecule has 0 radical (unpaired) electrons. The number of carbonyl (C=O) groups is 2. The zero-order chi connectivity index (χ0) is 20.6. The van der Waals surface area contributed by atoms with Crippen LogP contribution in [0.5, 0.6) is 5.75 Å². The molecule has 7 heteroatoms. The van der Waals surface area contributed by atoms with E-state index in [1.165, 1.54) is 27.5 Å². The van der Waals surface area contributed by atoms with Gasteiger partial charge in [-0.3, -0.25) is 0 Å². The van der Waals surface area contributed by atoms with Gasteiger partial charge in [-0.05, 0) is 65.9 Å². The SMILES string of the molecule is O=C(O)c1cc(OCCCCCCc2ccsc2-c2cccs2)cc(C(=O)O)c1. The maximum Gasteiger partial charge on any atom is 0.335 e. The van der Waals surface area contributed by atoms with Crippen molar-refractivity contribution in [2.75, 3.05) is 6.61 Å². The van der Waals surface area contributed by atoms with Crippen LogP contribution < -0.4 is 4.74 Å². The lowest BCUT2D eigenvalue weighted by molar-refractivity contribution is 0.0696. The second kappa shape index (κ2) is 10.2. The first-order chi connectivity index (χ1) is 14.0. The molecule has 0 fully saturated rings. The van der Waals surface area contributed by atoms with Crippen LogP contribution in [0.3, 0.4) is 0 Å². The van der Waals surface area contributed by atoms with E-state index in [0.29, 0.717) is 6.61 Å². The number of aromatic carboxylic acids is 2. The lowest BCUT2D eigenvalue weighted by atomic mass is 10.1. The summed E-state index contributed by atoms with van der Waals surface area (Å²) in [5, 5.41) is 22.4. The van der Waals surface area contributed by atoms with E-state index in [1.807, 2.05) is 0 Å². The first-order valence-electron chi connectivity index (χ1n) is 9.39. The summed E-state index contributed by atoms with van der Waals surface area (Å²) in [5.74, 6) is -2.07. The lowest BCUT2D eigenvalue weighted by Crippen LogP contribution is -2.05. The minimum absolute atomic E-state index is 0.0859. The van der Waals surface area contributed by atoms with Gasteiger partial charge in [-0.15, -0.1) is 22.7 Å². The lowest BCUT2D eigenvalue weighted by Gasteiger charge is -2.08. The molecule has 0 unspecified atom stereocenters. The number of benzene rings is 1. The van der Waals surface area contributed by atoms with E-state index in [4.69, 9.17) is 14.9 Å². The number of carboxylic acid groups (broad SMARTS) is 2. The standard InChI is InChI=1S/C22H22O5S2/c23-21(24)16-12-17(22(25)26)14-18(13-16)27-9-4-2-1-3-6-15-8-11-29-20(15)19-7-5-10-28-19/h5,7-8,10-14H,1-4,6,9H2,(H,23,24)(H,25,26). The molecule has 3 aromatic rings. The van der Waals surface area contributed by atoms with Crippen LogP contribution in [0, 0.1) is 0 Å². The first kappa shape index (κ1) is 21.1. The van der Waals surface area contributed by atoms with E-state index in [1.54, 1.807) is 22.7 Å². The molecule has 0 amide bonds. The molecule has 0 saturated carbocycles.